The number of aryl methyl sites for hydroxylation is 1. The van der Waals surface area contributed by atoms with Gasteiger partial charge in [-0.25, -0.2) is 10.6 Å². The van der Waals surface area contributed by atoms with Gasteiger partial charge in [0.1, 0.15) is 0 Å². The summed E-state index contributed by atoms with van der Waals surface area (Å²) < 4.78 is 4.89. The first kappa shape index (κ1) is 18.5. The molecule has 0 fully saturated rings. The van der Waals surface area contributed by atoms with Crippen LogP contribution in [-0.2, 0) is 4.74 Å². The van der Waals surface area contributed by atoms with Crippen molar-refractivity contribution < 1.29 is 9.53 Å². The molecule has 3 rings (SSSR count). The van der Waals surface area contributed by atoms with E-state index in [1.807, 2.05) is 30.3 Å². The second-order valence-electron chi connectivity index (χ2n) is 6.46. The average molecular weight is 361 g/mol. The van der Waals surface area contributed by atoms with Gasteiger partial charge in [0, 0.05) is 7.05 Å². The smallest absolute Gasteiger partial charge is 0.340 e. The highest BCUT2D eigenvalue weighted by Crippen LogP contribution is 2.34. The predicted octanol–water partition coefficient (Wildman–Crippen LogP) is 4.01. The number of nitrogens with two attached hydrogens (primary N) is 2. The number of esters is 1. The number of hydrogen-bond acceptors (Lipinski definition) is 5. The van der Waals surface area contributed by atoms with Gasteiger partial charge in [0.2, 0.25) is 0 Å². The van der Waals surface area contributed by atoms with Crippen molar-refractivity contribution in [2.45, 2.75) is 6.92 Å². The summed E-state index contributed by atoms with van der Waals surface area (Å²) in [7, 11) is 2.97. The Morgan fingerprint density at radius 1 is 0.963 bits per heavy atom. The molecule has 0 heterocycles. The number of rotatable bonds is 4. The first-order valence-electron chi connectivity index (χ1n) is 8.59. The fourth-order valence-corrected chi connectivity index (χ4v) is 3.22. The number of carbonyl (C=O) groups excluding carboxylic acids is 1. The zero-order valence-corrected chi connectivity index (χ0v) is 15.7. The van der Waals surface area contributed by atoms with E-state index in [1.165, 1.54) is 23.2 Å². The van der Waals surface area contributed by atoms with Gasteiger partial charge in [-0.05, 0) is 46.9 Å². The van der Waals surface area contributed by atoms with Crippen LogP contribution in [0.25, 0.3) is 22.3 Å². The van der Waals surface area contributed by atoms with Gasteiger partial charge in [0.15, 0.2) is 0 Å². The minimum atomic E-state index is -0.479. The summed E-state index contributed by atoms with van der Waals surface area (Å²) in [5, 5.41) is 1.33. The molecule has 3 aromatic rings. The van der Waals surface area contributed by atoms with E-state index in [4.69, 9.17) is 16.3 Å². The predicted molar refractivity (Wildman–Crippen MR) is 110 cm³/mol. The minimum absolute atomic E-state index is 0.334. The number of hydrogen-bond donors (Lipinski definition) is 2. The van der Waals surface area contributed by atoms with Gasteiger partial charge in [0.25, 0.3) is 0 Å². The third-order valence-corrected chi connectivity index (χ3v) is 4.57. The Morgan fingerprint density at radius 2 is 1.59 bits per heavy atom. The summed E-state index contributed by atoms with van der Waals surface area (Å²) in [5.74, 6) is 5.36. The monoisotopic (exact) mass is 361 g/mol. The third-order valence-electron chi connectivity index (χ3n) is 4.57. The van der Waals surface area contributed by atoms with Gasteiger partial charge < -0.3 is 15.5 Å². The van der Waals surface area contributed by atoms with E-state index >= 15 is 0 Å². The zero-order valence-electron chi connectivity index (χ0n) is 15.7. The molecule has 4 N–H and O–H groups in total. The molecule has 0 radical (unpaired) electrons. The Labute approximate surface area is 159 Å². The van der Waals surface area contributed by atoms with Crippen molar-refractivity contribution in [1.82, 2.24) is 0 Å². The maximum Gasteiger partial charge on any atom is 0.340 e. The fourth-order valence-electron chi connectivity index (χ4n) is 3.22. The summed E-state index contributed by atoms with van der Waals surface area (Å²) in [5.41, 5.74) is 12.7. The Morgan fingerprint density at radius 3 is 2.19 bits per heavy atom. The van der Waals surface area contributed by atoms with Crippen LogP contribution in [0.3, 0.4) is 0 Å². The second kappa shape index (κ2) is 7.51. The second-order valence-corrected chi connectivity index (χ2v) is 6.46. The number of hydrazine groups is 1. The van der Waals surface area contributed by atoms with Crippen LogP contribution in [0.5, 0.6) is 0 Å². The van der Waals surface area contributed by atoms with Crippen molar-refractivity contribution in [2.24, 2.45) is 5.84 Å². The lowest BCUT2D eigenvalue weighted by Gasteiger charge is -2.19. The molecule has 5 heteroatoms. The molecule has 0 unspecified atom stereocenters. The molecule has 0 bridgehead atoms. The number of benzene rings is 3. The van der Waals surface area contributed by atoms with E-state index < -0.39 is 5.97 Å². The molecule has 0 spiro atoms. The van der Waals surface area contributed by atoms with E-state index in [9.17, 15) is 4.79 Å². The van der Waals surface area contributed by atoms with Gasteiger partial charge in [-0.15, -0.1) is 0 Å². The highest BCUT2D eigenvalue weighted by Gasteiger charge is 2.19. The molecule has 0 aliphatic rings. The number of ether oxygens (including phenoxy) is 1. The van der Waals surface area contributed by atoms with Crippen LogP contribution in [0.2, 0.25) is 0 Å². The van der Waals surface area contributed by atoms with Gasteiger partial charge >= 0.3 is 5.97 Å². The van der Waals surface area contributed by atoms with E-state index in [1.54, 1.807) is 13.1 Å². The SMILES string of the molecule is COC(=O)c1cc(-c2ccc(-c3ccccc3C)cc2)cc(N)c1N(C)N. The minimum Gasteiger partial charge on any atom is -0.465 e. The van der Waals surface area contributed by atoms with Crippen molar-refractivity contribution in [3.63, 3.8) is 0 Å². The first-order chi connectivity index (χ1) is 12.9. The van der Waals surface area contributed by atoms with E-state index in [2.05, 4.69) is 31.2 Å². The number of anilines is 2. The van der Waals surface area contributed by atoms with Gasteiger partial charge in [-0.3, -0.25) is 0 Å². The third kappa shape index (κ3) is 3.64. The molecular formula is C22H23N3O2. The van der Waals surface area contributed by atoms with Crippen LogP contribution >= 0.6 is 0 Å². The van der Waals surface area contributed by atoms with E-state index in [0.717, 1.165) is 16.7 Å². The van der Waals surface area contributed by atoms with Crippen molar-refractivity contribution in [3.05, 3.63) is 71.8 Å². The van der Waals surface area contributed by atoms with Crippen molar-refractivity contribution in [3.8, 4) is 22.3 Å². The van der Waals surface area contributed by atoms with Gasteiger partial charge in [-0.1, -0.05) is 48.5 Å². The molecule has 0 aliphatic carbocycles. The highest BCUT2D eigenvalue weighted by molar-refractivity contribution is 6.01. The molecule has 5 nitrogen and oxygen atoms in total. The van der Waals surface area contributed by atoms with E-state index in [0.29, 0.717) is 16.9 Å². The van der Waals surface area contributed by atoms with Crippen molar-refractivity contribution in [1.29, 1.82) is 0 Å². The zero-order chi connectivity index (χ0) is 19.6. The number of nitrogen functional groups attached to an aromatic ring is 1. The molecule has 27 heavy (non-hydrogen) atoms. The Bertz CT molecular complexity index is 979. The van der Waals surface area contributed by atoms with Crippen LogP contribution in [0.1, 0.15) is 15.9 Å². The largest absolute Gasteiger partial charge is 0.465 e. The highest BCUT2D eigenvalue weighted by atomic mass is 16.5. The average Bonchev–Trinajstić information content (AvgIpc) is 2.67. The summed E-state index contributed by atoms with van der Waals surface area (Å²) in [6.07, 6.45) is 0. The normalized spacial score (nSPS) is 10.5. The topological polar surface area (TPSA) is 81.6 Å². The lowest BCUT2D eigenvalue weighted by molar-refractivity contribution is 0.0601. The van der Waals surface area contributed by atoms with Crippen LogP contribution in [0, 0.1) is 6.92 Å². The molecule has 0 aliphatic heterocycles. The first-order valence-corrected chi connectivity index (χ1v) is 8.59. The van der Waals surface area contributed by atoms with Crippen molar-refractivity contribution in [2.75, 3.05) is 24.9 Å². The van der Waals surface area contributed by atoms with Gasteiger partial charge in [-0.2, -0.15) is 0 Å². The number of methoxy groups -OCH3 is 1. The molecule has 0 aromatic heterocycles. The molecule has 3 aromatic carbocycles. The molecular weight excluding hydrogens is 338 g/mol. The summed E-state index contributed by atoms with van der Waals surface area (Å²) >= 11 is 0. The summed E-state index contributed by atoms with van der Waals surface area (Å²) in [6.45, 7) is 2.09. The Balaban J connectivity index is 2.05. The molecule has 0 amide bonds. The van der Waals surface area contributed by atoms with Crippen LogP contribution in [0.4, 0.5) is 11.4 Å². The van der Waals surface area contributed by atoms with Crippen LogP contribution in [-0.4, -0.2) is 20.1 Å². The molecule has 0 atom stereocenters. The van der Waals surface area contributed by atoms with Crippen LogP contribution in [0.15, 0.2) is 60.7 Å². The van der Waals surface area contributed by atoms with Gasteiger partial charge in [0.05, 0.1) is 24.0 Å². The Kier molecular flexibility index (Phi) is 5.14. The standard InChI is InChI=1S/C22H23N3O2/c1-14-6-4-5-7-18(14)16-10-8-15(9-11-16)17-12-19(22(26)27-3)21(25(2)24)20(23)13-17/h4-13H,23-24H2,1-3H3. The van der Waals surface area contributed by atoms with Crippen LogP contribution < -0.4 is 16.6 Å². The maximum absolute atomic E-state index is 12.2. The lowest BCUT2D eigenvalue weighted by Crippen LogP contribution is -2.28. The fraction of sp³-hybridized carbons (Fsp3) is 0.136. The number of nitrogens with zero attached hydrogens (tertiary/aromatic N) is 1. The molecule has 0 saturated carbocycles. The quantitative estimate of drug-likeness (QED) is 0.318. The summed E-state index contributed by atoms with van der Waals surface area (Å²) in [4.78, 5) is 12.2. The lowest BCUT2D eigenvalue weighted by atomic mass is 9.96. The number of carbonyl (C=O) groups is 1. The molecule has 138 valence electrons. The molecule has 0 saturated heterocycles. The maximum atomic E-state index is 12.2. The van der Waals surface area contributed by atoms with Crippen molar-refractivity contribution >= 4 is 17.3 Å². The van der Waals surface area contributed by atoms with E-state index in [-0.39, 0.29) is 0 Å². The summed E-state index contributed by atoms with van der Waals surface area (Å²) in [6, 6.07) is 20.0. The Hall–Kier alpha value is -3.31.